The Morgan fingerprint density at radius 1 is 1.17 bits per heavy atom. The Kier molecular flexibility index (Phi) is 6.34. The van der Waals surface area contributed by atoms with Crippen LogP contribution in [-0.2, 0) is 17.6 Å². The first-order chi connectivity index (χ1) is 17.7. The summed E-state index contributed by atoms with van der Waals surface area (Å²) in [5, 5.41) is 6.55. The van der Waals surface area contributed by atoms with Gasteiger partial charge >= 0.3 is 0 Å². The highest BCUT2D eigenvalue weighted by atomic mass is 16.1. The predicted octanol–water partition coefficient (Wildman–Crippen LogP) is 4.21. The third-order valence-corrected chi connectivity index (χ3v) is 7.16. The van der Waals surface area contributed by atoms with Gasteiger partial charge in [0.15, 0.2) is 0 Å². The van der Waals surface area contributed by atoms with E-state index in [-0.39, 0.29) is 18.4 Å². The number of hydrogen-bond donors (Lipinski definition) is 3. The zero-order valence-corrected chi connectivity index (χ0v) is 20.3. The molecule has 36 heavy (non-hydrogen) atoms. The van der Waals surface area contributed by atoms with Crippen molar-refractivity contribution >= 4 is 23.1 Å². The lowest BCUT2D eigenvalue weighted by Gasteiger charge is -2.19. The van der Waals surface area contributed by atoms with E-state index in [1.807, 2.05) is 12.3 Å². The lowest BCUT2D eigenvalue weighted by Crippen LogP contribution is -2.21. The number of H-pyrrole nitrogens is 1. The second-order valence-electron chi connectivity index (χ2n) is 9.79. The number of hydrogen-bond acceptors (Lipinski definition) is 6. The van der Waals surface area contributed by atoms with Gasteiger partial charge in [-0.3, -0.25) is 4.79 Å². The molecule has 1 amide bonds. The number of nitrogens with zero attached hydrogens (tertiary/aromatic N) is 4. The fraction of sp³-hybridized carbons (Fsp3) is 0.357. The van der Waals surface area contributed by atoms with Gasteiger partial charge in [0.1, 0.15) is 5.82 Å². The molecule has 1 aliphatic carbocycles. The van der Waals surface area contributed by atoms with Crippen LogP contribution in [-0.4, -0.2) is 56.4 Å². The highest BCUT2D eigenvalue weighted by Crippen LogP contribution is 2.34. The van der Waals surface area contributed by atoms with Crippen LogP contribution in [0.4, 0.5) is 11.6 Å². The fourth-order valence-electron chi connectivity index (χ4n) is 5.34. The first kappa shape index (κ1) is 22.7. The molecule has 2 aromatic heterocycles. The Labute approximate surface area is 211 Å². The molecule has 3 aromatic rings. The Morgan fingerprint density at radius 2 is 2.08 bits per heavy atom. The van der Waals surface area contributed by atoms with Crippen LogP contribution >= 0.6 is 0 Å². The number of imidazole rings is 1. The molecule has 3 aliphatic rings. The molecule has 0 saturated carbocycles. The van der Waals surface area contributed by atoms with Crippen molar-refractivity contribution in [1.82, 2.24) is 24.8 Å². The van der Waals surface area contributed by atoms with Gasteiger partial charge in [-0.1, -0.05) is 30.4 Å². The zero-order chi connectivity index (χ0) is 24.3. The molecule has 1 aromatic carbocycles. The number of carbonyl (C=O) groups is 1. The maximum atomic E-state index is 12.6. The summed E-state index contributed by atoms with van der Waals surface area (Å²) in [5.41, 5.74) is 5.81. The summed E-state index contributed by atoms with van der Waals surface area (Å²) in [6.07, 6.45) is 17.4. The smallest absolute Gasteiger partial charge is 0.228 e. The van der Waals surface area contributed by atoms with Gasteiger partial charge < -0.3 is 20.5 Å². The highest BCUT2D eigenvalue weighted by molar-refractivity contribution is 6.00. The summed E-state index contributed by atoms with van der Waals surface area (Å²) in [7, 11) is 0. The molecule has 2 aliphatic heterocycles. The molecule has 4 heterocycles. The standard InChI is InChI=1S/C28H31N7O/c36-25-17-21-18-31-28(32-22-7-3-6-20(16-22)27-29-10-11-30-27)34-26(21)23-9-8-19(15-24(23)33-25)5-4-14-35-12-1-2-13-35/h3,6-11,15,18,22H,1-2,4-5,12-14,16-17H2,(H,29,30)(H,33,36)(H,31,32,34). The van der Waals surface area contributed by atoms with Gasteiger partial charge in [0.05, 0.1) is 23.8 Å². The summed E-state index contributed by atoms with van der Waals surface area (Å²) >= 11 is 0. The number of amides is 1. The Balaban J connectivity index is 1.20. The summed E-state index contributed by atoms with van der Waals surface area (Å²) < 4.78 is 0. The van der Waals surface area contributed by atoms with Crippen LogP contribution < -0.4 is 10.6 Å². The first-order valence-electron chi connectivity index (χ1n) is 12.9. The molecule has 6 rings (SSSR count). The van der Waals surface area contributed by atoms with Gasteiger partial charge in [-0.2, -0.15) is 0 Å². The molecule has 8 nitrogen and oxygen atoms in total. The highest BCUT2D eigenvalue weighted by Gasteiger charge is 2.23. The van der Waals surface area contributed by atoms with Crippen LogP contribution in [0.5, 0.6) is 0 Å². The van der Waals surface area contributed by atoms with Gasteiger partial charge in [0.25, 0.3) is 0 Å². The van der Waals surface area contributed by atoms with Crippen molar-refractivity contribution in [1.29, 1.82) is 0 Å². The first-order valence-corrected chi connectivity index (χ1v) is 12.9. The van der Waals surface area contributed by atoms with Crippen molar-refractivity contribution in [3.8, 4) is 11.3 Å². The number of allylic oxidation sites excluding steroid dienone is 2. The number of fused-ring (bicyclic) bond motifs is 3. The van der Waals surface area contributed by atoms with E-state index in [4.69, 9.17) is 4.98 Å². The molecule has 1 atom stereocenters. The Morgan fingerprint density at radius 3 is 2.94 bits per heavy atom. The average molecular weight is 482 g/mol. The van der Waals surface area contributed by atoms with E-state index >= 15 is 0 Å². The molecule has 184 valence electrons. The lowest BCUT2D eigenvalue weighted by atomic mass is 10.00. The Hall–Kier alpha value is -3.78. The molecule has 0 spiro atoms. The van der Waals surface area contributed by atoms with E-state index < -0.39 is 0 Å². The molecular formula is C28H31N7O. The van der Waals surface area contributed by atoms with Crippen LogP contribution in [0.15, 0.2) is 55.0 Å². The second-order valence-corrected chi connectivity index (χ2v) is 9.79. The third kappa shape index (κ3) is 4.95. The van der Waals surface area contributed by atoms with E-state index in [0.717, 1.165) is 59.7 Å². The maximum absolute atomic E-state index is 12.6. The number of rotatable bonds is 7. The average Bonchev–Trinajstić information content (AvgIpc) is 3.58. The van der Waals surface area contributed by atoms with Crippen LogP contribution in [0.3, 0.4) is 0 Å². The topological polar surface area (TPSA) is 98.8 Å². The van der Waals surface area contributed by atoms with Gasteiger partial charge in [-0.05, 0) is 68.9 Å². The van der Waals surface area contributed by atoms with Crippen molar-refractivity contribution in [2.75, 3.05) is 30.3 Å². The van der Waals surface area contributed by atoms with Crippen molar-refractivity contribution in [3.05, 3.63) is 72.0 Å². The van der Waals surface area contributed by atoms with Crippen LogP contribution in [0, 0.1) is 0 Å². The van der Waals surface area contributed by atoms with Crippen molar-refractivity contribution in [3.63, 3.8) is 0 Å². The van der Waals surface area contributed by atoms with E-state index in [9.17, 15) is 4.79 Å². The van der Waals surface area contributed by atoms with Crippen LogP contribution in [0.25, 0.3) is 16.8 Å². The van der Waals surface area contributed by atoms with Crippen molar-refractivity contribution in [2.24, 2.45) is 0 Å². The van der Waals surface area contributed by atoms with Gasteiger partial charge in [-0.25, -0.2) is 15.0 Å². The number of carbonyl (C=O) groups excluding carboxylic acids is 1. The second kappa shape index (κ2) is 10.1. The van der Waals surface area contributed by atoms with Crippen LogP contribution in [0.2, 0.25) is 0 Å². The van der Waals surface area contributed by atoms with Crippen molar-refractivity contribution < 1.29 is 4.79 Å². The van der Waals surface area contributed by atoms with Crippen molar-refractivity contribution in [2.45, 2.75) is 44.6 Å². The summed E-state index contributed by atoms with van der Waals surface area (Å²) in [5.74, 6) is 1.40. The molecule has 1 saturated heterocycles. The SMILES string of the molecule is O=C1Cc2cnc(NC3C=CC=C(c4ncc[nH]4)C3)nc2-c2ccc(CCCN3CCCC3)cc2N1. The molecular weight excluding hydrogens is 450 g/mol. The number of nitrogens with one attached hydrogen (secondary N) is 3. The fourth-order valence-corrected chi connectivity index (χ4v) is 5.34. The summed E-state index contributed by atoms with van der Waals surface area (Å²) in [6.45, 7) is 3.59. The maximum Gasteiger partial charge on any atom is 0.228 e. The monoisotopic (exact) mass is 481 g/mol. The predicted molar refractivity (Wildman–Crippen MR) is 142 cm³/mol. The number of aryl methyl sites for hydroxylation is 1. The molecule has 0 radical (unpaired) electrons. The zero-order valence-electron chi connectivity index (χ0n) is 20.3. The molecule has 0 bridgehead atoms. The number of aromatic amines is 1. The Bertz CT molecular complexity index is 1310. The minimum atomic E-state index is -0.0306. The number of likely N-dealkylation sites (tertiary alicyclic amines) is 1. The minimum absolute atomic E-state index is 0.0306. The summed E-state index contributed by atoms with van der Waals surface area (Å²) in [6, 6.07) is 6.44. The van der Waals surface area contributed by atoms with Gasteiger partial charge in [0.2, 0.25) is 11.9 Å². The third-order valence-electron chi connectivity index (χ3n) is 7.16. The number of aromatic nitrogens is 4. The molecule has 1 unspecified atom stereocenters. The number of benzene rings is 1. The summed E-state index contributed by atoms with van der Waals surface area (Å²) in [4.78, 5) is 32.1. The van der Waals surface area contributed by atoms with E-state index in [0.29, 0.717) is 5.95 Å². The lowest BCUT2D eigenvalue weighted by molar-refractivity contribution is -0.115. The largest absolute Gasteiger partial charge is 0.348 e. The molecule has 3 N–H and O–H groups in total. The number of anilines is 2. The van der Waals surface area contributed by atoms with Gasteiger partial charge in [-0.15, -0.1) is 0 Å². The van der Waals surface area contributed by atoms with Gasteiger partial charge in [0, 0.05) is 29.7 Å². The minimum Gasteiger partial charge on any atom is -0.348 e. The molecule has 8 heteroatoms. The van der Waals surface area contributed by atoms with E-state index in [1.54, 1.807) is 12.4 Å². The van der Waals surface area contributed by atoms with E-state index in [2.05, 4.69) is 60.8 Å². The van der Waals surface area contributed by atoms with E-state index in [1.165, 1.54) is 31.5 Å². The molecule has 1 fully saturated rings. The quantitative estimate of drug-likeness (QED) is 0.468. The normalized spacial score (nSPS) is 19.3. The van der Waals surface area contributed by atoms with Crippen LogP contribution in [0.1, 0.15) is 42.6 Å².